The fraction of sp³-hybridized carbons (Fsp3) is 0.625. The number of rotatable bonds is 7. The zero-order chi connectivity index (χ0) is 11.7. The van der Waals surface area contributed by atoms with Crippen molar-refractivity contribution in [2.75, 3.05) is 6.54 Å². The van der Waals surface area contributed by atoms with Crippen LogP contribution >= 0.6 is 0 Å². The van der Waals surface area contributed by atoms with Crippen LogP contribution in [0, 0.1) is 0 Å². The molecule has 0 aromatic heterocycles. The Morgan fingerprint density at radius 1 is 1.53 bits per heavy atom. The van der Waals surface area contributed by atoms with E-state index >= 15 is 0 Å². The molecule has 0 saturated heterocycles. The molecule has 6 N–H and O–H groups in total. The smallest absolute Gasteiger partial charge is 0.240 e. The number of nitrogens with two attached hydrogens (primary N) is 2. The molecule has 0 aromatic rings. The maximum absolute atomic E-state index is 10.9. The summed E-state index contributed by atoms with van der Waals surface area (Å²) in [4.78, 5) is 25.5. The van der Waals surface area contributed by atoms with Gasteiger partial charge < -0.3 is 16.5 Å². The van der Waals surface area contributed by atoms with Gasteiger partial charge >= 0.3 is 0 Å². The molecule has 7 heteroatoms. The summed E-state index contributed by atoms with van der Waals surface area (Å²) in [6.45, 7) is 1.86. The van der Waals surface area contributed by atoms with Gasteiger partial charge in [-0.05, 0) is 12.8 Å². The molecule has 7 nitrogen and oxygen atoms in total. The second-order valence-corrected chi connectivity index (χ2v) is 3.00. The van der Waals surface area contributed by atoms with Crippen LogP contribution in [0.5, 0.6) is 0 Å². The van der Waals surface area contributed by atoms with E-state index in [1.165, 1.54) is 13.3 Å². The Bertz CT molecular complexity index is 241. The summed E-state index contributed by atoms with van der Waals surface area (Å²) < 4.78 is 0. The molecule has 1 atom stereocenters. The van der Waals surface area contributed by atoms with E-state index in [0.717, 1.165) is 0 Å². The van der Waals surface area contributed by atoms with E-state index < -0.39 is 11.9 Å². The van der Waals surface area contributed by atoms with E-state index in [1.807, 2.05) is 0 Å². The largest absolute Gasteiger partial charge is 0.368 e. The Kier molecular flexibility index (Phi) is 6.90. The first-order valence-corrected chi connectivity index (χ1v) is 4.58. The minimum Gasteiger partial charge on any atom is -0.368 e. The van der Waals surface area contributed by atoms with Crippen LogP contribution in [0.25, 0.3) is 0 Å². The molecule has 0 radical (unpaired) electrons. The van der Waals surface area contributed by atoms with E-state index in [4.69, 9.17) is 11.6 Å². The van der Waals surface area contributed by atoms with E-state index in [1.54, 1.807) is 0 Å². The highest BCUT2D eigenvalue weighted by molar-refractivity contribution is 5.85. The fourth-order valence-electron chi connectivity index (χ4n) is 1.03. The maximum Gasteiger partial charge on any atom is 0.240 e. The third-order valence-corrected chi connectivity index (χ3v) is 1.67. The summed E-state index contributed by atoms with van der Waals surface area (Å²) in [5, 5.41) is 2.46. The molecule has 0 aliphatic rings. The van der Waals surface area contributed by atoms with Gasteiger partial charge in [-0.3, -0.25) is 14.6 Å². The van der Waals surface area contributed by atoms with Crippen molar-refractivity contribution in [3.63, 3.8) is 0 Å². The van der Waals surface area contributed by atoms with Gasteiger partial charge in [0.25, 0.3) is 0 Å². The molecule has 1 unspecified atom stereocenters. The minimum atomic E-state index is -0.622. The summed E-state index contributed by atoms with van der Waals surface area (Å²) in [7, 11) is 0. The first-order valence-electron chi connectivity index (χ1n) is 4.58. The average molecular weight is 215 g/mol. The van der Waals surface area contributed by atoms with Crippen molar-refractivity contribution in [1.29, 1.82) is 0 Å². The van der Waals surface area contributed by atoms with Gasteiger partial charge in [-0.2, -0.15) is 0 Å². The third kappa shape index (κ3) is 7.44. The predicted molar refractivity (Wildman–Crippen MR) is 56.7 cm³/mol. The van der Waals surface area contributed by atoms with Gasteiger partial charge in [0.2, 0.25) is 11.8 Å². The zero-order valence-corrected chi connectivity index (χ0v) is 8.69. The number of hydrogen-bond donors (Lipinski definition) is 4. The van der Waals surface area contributed by atoms with Crippen molar-refractivity contribution >= 4 is 18.2 Å². The molecule has 0 spiro atoms. The summed E-state index contributed by atoms with van der Waals surface area (Å²) >= 11 is 0. The van der Waals surface area contributed by atoms with Crippen LogP contribution in [0.3, 0.4) is 0 Å². The Hall–Kier alpha value is -1.63. The quantitative estimate of drug-likeness (QED) is 0.132. The number of hydrogen-bond acceptors (Lipinski definition) is 4. The number of amides is 2. The molecule has 0 saturated carbocycles. The number of carbonyl (C=O) groups excluding carboxylic acids is 2. The SMILES string of the molecule is CC(=O)NC(CCCN=CNN)C(N)=O. The van der Waals surface area contributed by atoms with Crippen molar-refractivity contribution < 1.29 is 9.59 Å². The Labute approximate surface area is 88.3 Å². The molecule has 0 rings (SSSR count). The summed E-state index contributed by atoms with van der Waals surface area (Å²) in [5.74, 6) is 4.15. The van der Waals surface area contributed by atoms with Gasteiger partial charge in [-0.1, -0.05) is 0 Å². The van der Waals surface area contributed by atoms with Gasteiger partial charge in [0, 0.05) is 13.5 Å². The van der Waals surface area contributed by atoms with Gasteiger partial charge in [-0.25, -0.2) is 5.84 Å². The number of hydrazine groups is 1. The maximum atomic E-state index is 10.9. The highest BCUT2D eigenvalue weighted by atomic mass is 16.2. The van der Waals surface area contributed by atoms with Crippen LogP contribution in [0.15, 0.2) is 4.99 Å². The van der Waals surface area contributed by atoms with Crippen LogP contribution in [0.1, 0.15) is 19.8 Å². The Balaban J connectivity index is 3.81. The van der Waals surface area contributed by atoms with Crippen LogP contribution in [-0.4, -0.2) is 30.7 Å². The molecule has 0 aromatic carbocycles. The standard InChI is InChI=1S/C8H17N5O2/c1-6(14)13-7(8(9)15)3-2-4-11-5-12-10/h5,7H,2-4,10H2,1H3,(H2,9,15)(H,11,12)(H,13,14). The van der Waals surface area contributed by atoms with Gasteiger partial charge in [-0.15, -0.1) is 0 Å². The fourth-order valence-corrected chi connectivity index (χ4v) is 1.03. The van der Waals surface area contributed by atoms with E-state index in [9.17, 15) is 9.59 Å². The van der Waals surface area contributed by atoms with Gasteiger partial charge in [0.1, 0.15) is 6.04 Å². The minimum absolute atomic E-state index is 0.272. The van der Waals surface area contributed by atoms with E-state index in [2.05, 4.69) is 15.7 Å². The monoisotopic (exact) mass is 215 g/mol. The second kappa shape index (κ2) is 7.74. The molecule has 15 heavy (non-hydrogen) atoms. The van der Waals surface area contributed by atoms with Crippen LogP contribution in [-0.2, 0) is 9.59 Å². The first kappa shape index (κ1) is 13.4. The number of primary amides is 1. The topological polar surface area (TPSA) is 123 Å². The molecule has 2 amide bonds. The van der Waals surface area contributed by atoms with Crippen LogP contribution in [0.2, 0.25) is 0 Å². The van der Waals surface area contributed by atoms with Crippen LogP contribution in [0.4, 0.5) is 0 Å². The van der Waals surface area contributed by atoms with Crippen LogP contribution < -0.4 is 22.3 Å². The molecule has 86 valence electrons. The highest BCUT2D eigenvalue weighted by Gasteiger charge is 2.14. The Morgan fingerprint density at radius 3 is 2.67 bits per heavy atom. The number of nitrogens with one attached hydrogen (secondary N) is 2. The third-order valence-electron chi connectivity index (χ3n) is 1.67. The summed E-state index contributed by atoms with van der Waals surface area (Å²) in [6.07, 6.45) is 2.47. The number of carbonyl (C=O) groups is 2. The van der Waals surface area contributed by atoms with E-state index in [0.29, 0.717) is 19.4 Å². The zero-order valence-electron chi connectivity index (χ0n) is 8.69. The van der Waals surface area contributed by atoms with Gasteiger partial charge in [0.05, 0.1) is 6.34 Å². The molecule has 0 heterocycles. The number of aliphatic imine (C=N–C) groups is 1. The second-order valence-electron chi connectivity index (χ2n) is 3.00. The predicted octanol–water partition coefficient (Wildman–Crippen LogP) is -1.75. The molecular formula is C8H17N5O2. The van der Waals surface area contributed by atoms with E-state index in [-0.39, 0.29) is 5.91 Å². The van der Waals surface area contributed by atoms with Crippen molar-refractivity contribution in [3.05, 3.63) is 0 Å². The lowest BCUT2D eigenvalue weighted by Gasteiger charge is -2.12. The first-order chi connectivity index (χ1) is 7.07. The lowest BCUT2D eigenvalue weighted by atomic mass is 10.1. The molecular weight excluding hydrogens is 198 g/mol. The Morgan fingerprint density at radius 2 is 2.20 bits per heavy atom. The number of nitrogens with zero attached hydrogens (tertiary/aromatic N) is 1. The lowest BCUT2D eigenvalue weighted by molar-refractivity contribution is -0.126. The van der Waals surface area contributed by atoms with Gasteiger partial charge in [0.15, 0.2) is 0 Å². The van der Waals surface area contributed by atoms with Crippen molar-refractivity contribution in [3.8, 4) is 0 Å². The average Bonchev–Trinajstić information content (AvgIpc) is 2.15. The highest BCUT2D eigenvalue weighted by Crippen LogP contribution is 1.97. The van der Waals surface area contributed by atoms with Crippen molar-refractivity contribution in [1.82, 2.24) is 10.7 Å². The lowest BCUT2D eigenvalue weighted by Crippen LogP contribution is -2.43. The van der Waals surface area contributed by atoms with Crippen molar-refractivity contribution in [2.45, 2.75) is 25.8 Å². The molecule has 0 aliphatic heterocycles. The van der Waals surface area contributed by atoms with Crippen molar-refractivity contribution in [2.24, 2.45) is 16.6 Å². The molecule has 0 fully saturated rings. The summed E-state index contributed by atoms with van der Waals surface area (Å²) in [5.41, 5.74) is 7.36. The summed E-state index contributed by atoms with van der Waals surface area (Å²) in [6, 6.07) is -0.622. The molecule has 0 aliphatic carbocycles. The molecule has 0 bridgehead atoms. The normalized spacial score (nSPS) is 12.4.